The third-order valence-electron chi connectivity index (χ3n) is 4.66. The number of hydrogen-bond donors (Lipinski definition) is 2. The Kier molecular flexibility index (Phi) is 5.82. The molecule has 6 nitrogen and oxygen atoms in total. The highest BCUT2D eigenvalue weighted by Gasteiger charge is 2.19. The molecule has 27 heavy (non-hydrogen) atoms. The molecule has 0 saturated carbocycles. The Balaban J connectivity index is 1.69. The highest BCUT2D eigenvalue weighted by Crippen LogP contribution is 2.23. The zero-order chi connectivity index (χ0) is 19.4. The second-order valence-corrected chi connectivity index (χ2v) is 8.42. The average molecular weight is 388 g/mol. The molecule has 1 aliphatic rings. The van der Waals surface area contributed by atoms with Crippen LogP contribution in [0.25, 0.3) is 0 Å². The number of carbonyl (C=O) groups is 1. The maximum atomic E-state index is 12.7. The van der Waals surface area contributed by atoms with Gasteiger partial charge in [0.2, 0.25) is 0 Å². The van der Waals surface area contributed by atoms with Crippen LogP contribution in [0.3, 0.4) is 0 Å². The Morgan fingerprint density at radius 3 is 2.37 bits per heavy atom. The van der Waals surface area contributed by atoms with Crippen molar-refractivity contribution in [3.8, 4) is 0 Å². The molecule has 2 N–H and O–H groups in total. The summed E-state index contributed by atoms with van der Waals surface area (Å²) in [6, 6.07) is 11.5. The molecule has 2 aromatic carbocycles. The zero-order valence-electron chi connectivity index (χ0n) is 15.5. The molecule has 1 saturated heterocycles. The van der Waals surface area contributed by atoms with E-state index in [1.54, 1.807) is 0 Å². The molecule has 1 atom stereocenters. The van der Waals surface area contributed by atoms with E-state index < -0.39 is 10.0 Å². The Labute approximate surface area is 160 Å². The minimum Gasteiger partial charge on any atom is -0.376 e. The summed E-state index contributed by atoms with van der Waals surface area (Å²) in [7, 11) is -3.73. The lowest BCUT2D eigenvalue weighted by Crippen LogP contribution is -2.31. The summed E-state index contributed by atoms with van der Waals surface area (Å²) < 4.78 is 33.4. The normalized spacial score (nSPS) is 16.9. The van der Waals surface area contributed by atoms with Gasteiger partial charge >= 0.3 is 0 Å². The lowest BCUT2D eigenvalue weighted by atomic mass is 10.1. The smallest absolute Gasteiger partial charge is 0.261 e. The second kappa shape index (κ2) is 8.10. The molecule has 1 amide bonds. The first-order chi connectivity index (χ1) is 12.9. The third kappa shape index (κ3) is 4.67. The quantitative estimate of drug-likeness (QED) is 0.797. The molecule has 7 heteroatoms. The van der Waals surface area contributed by atoms with Crippen LogP contribution in [0.1, 0.15) is 34.3 Å². The van der Waals surface area contributed by atoms with Crippen LogP contribution in [-0.2, 0) is 14.8 Å². The van der Waals surface area contributed by atoms with Crippen molar-refractivity contribution < 1.29 is 17.9 Å². The number of nitrogens with one attached hydrogen (secondary N) is 2. The number of aryl methyl sites for hydroxylation is 2. The lowest BCUT2D eigenvalue weighted by molar-refractivity contribution is 0.0857. The van der Waals surface area contributed by atoms with Crippen molar-refractivity contribution in [2.75, 3.05) is 17.9 Å². The van der Waals surface area contributed by atoms with E-state index in [2.05, 4.69) is 10.0 Å². The number of hydrogen-bond acceptors (Lipinski definition) is 4. The largest absolute Gasteiger partial charge is 0.376 e. The third-order valence-corrected chi connectivity index (χ3v) is 6.02. The van der Waals surface area contributed by atoms with E-state index in [4.69, 9.17) is 4.74 Å². The van der Waals surface area contributed by atoms with Crippen LogP contribution in [0.2, 0.25) is 0 Å². The molecule has 1 fully saturated rings. The molecular formula is C20H24N2O4S. The fourth-order valence-corrected chi connectivity index (χ4v) is 4.27. The monoisotopic (exact) mass is 388 g/mol. The summed E-state index contributed by atoms with van der Waals surface area (Å²) in [5, 5.41) is 2.82. The number of amides is 1. The average Bonchev–Trinajstić information content (AvgIpc) is 3.17. The number of benzene rings is 2. The van der Waals surface area contributed by atoms with Gasteiger partial charge in [0.05, 0.1) is 16.7 Å². The van der Waals surface area contributed by atoms with Crippen molar-refractivity contribution in [2.24, 2.45) is 0 Å². The number of ether oxygens (including phenoxy) is 1. The number of para-hydroxylation sites is 1. The van der Waals surface area contributed by atoms with E-state index in [1.807, 2.05) is 32.0 Å². The van der Waals surface area contributed by atoms with Gasteiger partial charge in [-0.1, -0.05) is 18.2 Å². The molecule has 1 aliphatic heterocycles. The van der Waals surface area contributed by atoms with Gasteiger partial charge in [-0.15, -0.1) is 0 Å². The van der Waals surface area contributed by atoms with Crippen LogP contribution in [0, 0.1) is 13.8 Å². The Morgan fingerprint density at radius 2 is 1.78 bits per heavy atom. The minimum atomic E-state index is -3.73. The predicted octanol–water partition coefficient (Wildman–Crippen LogP) is 3.01. The number of sulfonamides is 1. The van der Waals surface area contributed by atoms with Crippen molar-refractivity contribution in [1.29, 1.82) is 0 Å². The van der Waals surface area contributed by atoms with E-state index in [1.165, 1.54) is 24.3 Å². The van der Waals surface area contributed by atoms with E-state index in [-0.39, 0.29) is 16.9 Å². The van der Waals surface area contributed by atoms with Gasteiger partial charge in [-0.05, 0) is 62.1 Å². The first-order valence-corrected chi connectivity index (χ1v) is 10.4. The van der Waals surface area contributed by atoms with Gasteiger partial charge in [0, 0.05) is 18.7 Å². The summed E-state index contributed by atoms with van der Waals surface area (Å²) in [6.45, 7) is 4.91. The van der Waals surface area contributed by atoms with Crippen LogP contribution in [-0.4, -0.2) is 33.6 Å². The van der Waals surface area contributed by atoms with Gasteiger partial charge in [0.15, 0.2) is 0 Å². The van der Waals surface area contributed by atoms with E-state index >= 15 is 0 Å². The second-order valence-electron chi connectivity index (χ2n) is 6.74. The Morgan fingerprint density at radius 1 is 1.11 bits per heavy atom. The van der Waals surface area contributed by atoms with Gasteiger partial charge in [-0.2, -0.15) is 0 Å². The lowest BCUT2D eigenvalue weighted by Gasteiger charge is -2.14. The fourth-order valence-electron chi connectivity index (χ4n) is 3.07. The van der Waals surface area contributed by atoms with Crippen LogP contribution in [0.4, 0.5) is 5.69 Å². The van der Waals surface area contributed by atoms with Crippen LogP contribution in [0.15, 0.2) is 47.4 Å². The summed E-state index contributed by atoms with van der Waals surface area (Å²) in [6.07, 6.45) is 2.03. The molecular weight excluding hydrogens is 364 g/mol. The first-order valence-electron chi connectivity index (χ1n) is 8.96. The van der Waals surface area contributed by atoms with E-state index in [0.29, 0.717) is 17.8 Å². The fraction of sp³-hybridized carbons (Fsp3) is 0.350. The molecule has 0 spiro atoms. The van der Waals surface area contributed by atoms with Gasteiger partial charge < -0.3 is 10.1 Å². The predicted molar refractivity (Wildman–Crippen MR) is 104 cm³/mol. The summed E-state index contributed by atoms with van der Waals surface area (Å²) in [5.41, 5.74) is 2.70. The number of carbonyl (C=O) groups excluding carboxylic acids is 1. The Bertz CT molecular complexity index is 897. The zero-order valence-corrected chi connectivity index (χ0v) is 16.3. The molecule has 3 rings (SSSR count). The molecule has 0 radical (unpaired) electrons. The highest BCUT2D eigenvalue weighted by atomic mass is 32.2. The number of anilines is 1. The molecule has 144 valence electrons. The van der Waals surface area contributed by atoms with E-state index in [0.717, 1.165) is 30.6 Å². The maximum Gasteiger partial charge on any atom is 0.261 e. The van der Waals surface area contributed by atoms with Crippen molar-refractivity contribution in [2.45, 2.75) is 37.7 Å². The van der Waals surface area contributed by atoms with Gasteiger partial charge in [-0.25, -0.2) is 8.42 Å². The van der Waals surface area contributed by atoms with Crippen molar-refractivity contribution in [3.05, 3.63) is 59.2 Å². The molecule has 2 aromatic rings. The molecule has 0 bridgehead atoms. The maximum absolute atomic E-state index is 12.7. The van der Waals surface area contributed by atoms with Crippen LogP contribution in [0.5, 0.6) is 0 Å². The van der Waals surface area contributed by atoms with Crippen LogP contribution < -0.4 is 10.0 Å². The SMILES string of the molecule is Cc1cccc(C)c1NS(=O)(=O)c1ccc(C(=O)NCC2CCCO2)cc1. The molecule has 0 aromatic heterocycles. The molecule has 1 unspecified atom stereocenters. The highest BCUT2D eigenvalue weighted by molar-refractivity contribution is 7.92. The van der Waals surface area contributed by atoms with Gasteiger partial charge in [-0.3, -0.25) is 9.52 Å². The Hall–Kier alpha value is -2.38. The molecule has 0 aliphatic carbocycles. The summed E-state index contributed by atoms with van der Waals surface area (Å²) in [4.78, 5) is 12.3. The standard InChI is InChI=1S/C20H24N2O4S/c1-14-5-3-6-15(2)19(14)22-27(24,25)18-10-8-16(9-11-18)20(23)21-13-17-7-4-12-26-17/h3,5-6,8-11,17,22H,4,7,12-13H2,1-2H3,(H,21,23). The summed E-state index contributed by atoms with van der Waals surface area (Å²) >= 11 is 0. The van der Waals surface area contributed by atoms with Crippen LogP contribution >= 0.6 is 0 Å². The minimum absolute atomic E-state index is 0.0650. The first kappa shape index (κ1) is 19.4. The van der Waals surface area contributed by atoms with Crippen molar-refractivity contribution in [1.82, 2.24) is 5.32 Å². The molecule has 1 heterocycles. The van der Waals surface area contributed by atoms with Crippen molar-refractivity contribution >= 4 is 21.6 Å². The van der Waals surface area contributed by atoms with E-state index in [9.17, 15) is 13.2 Å². The van der Waals surface area contributed by atoms with Gasteiger partial charge in [0.1, 0.15) is 0 Å². The number of rotatable bonds is 6. The van der Waals surface area contributed by atoms with Crippen molar-refractivity contribution in [3.63, 3.8) is 0 Å². The van der Waals surface area contributed by atoms with Gasteiger partial charge in [0.25, 0.3) is 15.9 Å². The topological polar surface area (TPSA) is 84.5 Å². The summed E-state index contributed by atoms with van der Waals surface area (Å²) in [5.74, 6) is -0.239.